The van der Waals surface area contributed by atoms with Crippen LogP contribution in [-0.2, 0) is 4.74 Å². The third kappa shape index (κ3) is 5.13. The maximum Gasteiger partial charge on any atom is 0.410 e. The lowest BCUT2D eigenvalue weighted by Crippen LogP contribution is -2.45. The standard InChI is InChI=1S/C22H29BrN2O4/c1-14-17-11-16(23)8-9-18(17)28-19(14)20(26)25-10-6-7-15(13-25)12-24(5)21(27)29-22(2,3)4/h8-9,11,15H,6-7,10,12-13H2,1-5H3. The van der Waals surface area contributed by atoms with Crippen LogP contribution in [0.25, 0.3) is 11.0 Å². The van der Waals surface area contributed by atoms with Crippen LogP contribution in [0.1, 0.15) is 49.7 Å². The average molecular weight is 465 g/mol. The van der Waals surface area contributed by atoms with E-state index in [-0.39, 0.29) is 17.9 Å². The van der Waals surface area contributed by atoms with Crippen LogP contribution in [0.15, 0.2) is 27.1 Å². The quantitative estimate of drug-likeness (QED) is 0.624. The molecule has 2 aromatic rings. The van der Waals surface area contributed by atoms with Crippen LogP contribution in [0.4, 0.5) is 4.79 Å². The Hall–Kier alpha value is -2.02. The van der Waals surface area contributed by atoms with Crippen LogP contribution in [0, 0.1) is 12.8 Å². The van der Waals surface area contributed by atoms with Gasteiger partial charge in [0.1, 0.15) is 11.2 Å². The number of amides is 2. The van der Waals surface area contributed by atoms with Crippen molar-refractivity contribution in [2.75, 3.05) is 26.7 Å². The van der Waals surface area contributed by atoms with E-state index >= 15 is 0 Å². The molecule has 1 aromatic carbocycles. The van der Waals surface area contributed by atoms with Gasteiger partial charge in [-0.05, 0) is 64.7 Å². The maximum atomic E-state index is 13.1. The van der Waals surface area contributed by atoms with Gasteiger partial charge in [-0.15, -0.1) is 0 Å². The molecule has 2 amide bonds. The summed E-state index contributed by atoms with van der Waals surface area (Å²) in [5, 5.41) is 0.945. The van der Waals surface area contributed by atoms with Crippen molar-refractivity contribution in [3.8, 4) is 0 Å². The SMILES string of the molecule is Cc1c(C(=O)N2CCCC(CN(C)C(=O)OC(C)(C)C)C2)oc2ccc(Br)cc12. The number of carbonyl (C=O) groups is 2. The number of hydrogen-bond donors (Lipinski definition) is 0. The van der Waals surface area contributed by atoms with Gasteiger partial charge in [0.2, 0.25) is 0 Å². The maximum absolute atomic E-state index is 13.1. The predicted octanol–water partition coefficient (Wildman–Crippen LogP) is 5.22. The summed E-state index contributed by atoms with van der Waals surface area (Å²) < 4.78 is 12.3. The number of benzene rings is 1. The van der Waals surface area contributed by atoms with Crippen molar-refractivity contribution in [2.24, 2.45) is 5.92 Å². The van der Waals surface area contributed by atoms with Gasteiger partial charge >= 0.3 is 6.09 Å². The average Bonchev–Trinajstić information content (AvgIpc) is 2.96. The Labute approximate surface area is 180 Å². The Kier molecular flexibility index (Phi) is 6.27. The van der Waals surface area contributed by atoms with Crippen LogP contribution in [0.5, 0.6) is 0 Å². The fourth-order valence-electron chi connectivity index (χ4n) is 3.74. The highest BCUT2D eigenvalue weighted by atomic mass is 79.9. The van der Waals surface area contributed by atoms with E-state index in [2.05, 4.69) is 15.9 Å². The Morgan fingerprint density at radius 3 is 2.76 bits per heavy atom. The van der Waals surface area contributed by atoms with Crippen LogP contribution in [0.2, 0.25) is 0 Å². The number of piperidine rings is 1. The Balaban J connectivity index is 1.68. The fraction of sp³-hybridized carbons (Fsp3) is 0.545. The van der Waals surface area contributed by atoms with Gasteiger partial charge in [-0.3, -0.25) is 4.79 Å². The van der Waals surface area contributed by atoms with E-state index in [4.69, 9.17) is 9.15 Å². The van der Waals surface area contributed by atoms with Crippen LogP contribution in [-0.4, -0.2) is 54.1 Å². The molecule has 158 valence electrons. The molecule has 1 unspecified atom stereocenters. The second kappa shape index (κ2) is 8.38. The van der Waals surface area contributed by atoms with E-state index in [0.29, 0.717) is 31.0 Å². The van der Waals surface area contributed by atoms with Crippen molar-refractivity contribution < 1.29 is 18.7 Å². The first kappa shape index (κ1) is 21.7. The van der Waals surface area contributed by atoms with Crippen LogP contribution < -0.4 is 0 Å². The number of aryl methyl sites for hydroxylation is 1. The minimum atomic E-state index is -0.520. The normalized spacial score (nSPS) is 17.4. The molecule has 0 N–H and O–H groups in total. The zero-order valence-corrected chi connectivity index (χ0v) is 19.3. The van der Waals surface area contributed by atoms with E-state index in [1.807, 2.05) is 50.8 Å². The number of rotatable bonds is 3. The highest BCUT2D eigenvalue weighted by molar-refractivity contribution is 9.10. The Morgan fingerprint density at radius 2 is 2.07 bits per heavy atom. The number of fused-ring (bicyclic) bond motifs is 1. The summed E-state index contributed by atoms with van der Waals surface area (Å²) >= 11 is 3.47. The summed E-state index contributed by atoms with van der Waals surface area (Å²) in [5.74, 6) is 0.530. The zero-order valence-electron chi connectivity index (χ0n) is 17.8. The molecule has 0 saturated carbocycles. The van der Waals surface area contributed by atoms with Crippen molar-refractivity contribution in [3.05, 3.63) is 34.0 Å². The molecule has 2 heterocycles. The van der Waals surface area contributed by atoms with E-state index in [0.717, 1.165) is 28.3 Å². The van der Waals surface area contributed by atoms with Crippen molar-refractivity contribution >= 4 is 38.9 Å². The molecule has 0 radical (unpaired) electrons. The lowest BCUT2D eigenvalue weighted by atomic mass is 9.97. The largest absolute Gasteiger partial charge is 0.451 e. The zero-order chi connectivity index (χ0) is 21.3. The van der Waals surface area contributed by atoms with Gasteiger partial charge in [0.05, 0.1) is 0 Å². The van der Waals surface area contributed by atoms with Gasteiger partial charge in [0.15, 0.2) is 5.76 Å². The van der Waals surface area contributed by atoms with E-state index in [9.17, 15) is 9.59 Å². The van der Waals surface area contributed by atoms with Gasteiger partial charge in [0, 0.05) is 42.1 Å². The van der Waals surface area contributed by atoms with E-state index < -0.39 is 5.60 Å². The molecule has 0 aliphatic carbocycles. The number of halogens is 1. The van der Waals surface area contributed by atoms with Crippen molar-refractivity contribution in [2.45, 2.75) is 46.1 Å². The lowest BCUT2D eigenvalue weighted by Gasteiger charge is -2.34. The third-order valence-corrected chi connectivity index (χ3v) is 5.63. The Bertz CT molecular complexity index is 915. The number of carbonyl (C=O) groups excluding carboxylic acids is 2. The Morgan fingerprint density at radius 1 is 1.34 bits per heavy atom. The second-order valence-corrected chi connectivity index (χ2v) is 9.73. The number of ether oxygens (including phenoxy) is 1. The van der Waals surface area contributed by atoms with Gasteiger partial charge in [-0.1, -0.05) is 15.9 Å². The summed E-state index contributed by atoms with van der Waals surface area (Å²) in [6, 6.07) is 5.75. The second-order valence-electron chi connectivity index (χ2n) is 8.82. The van der Waals surface area contributed by atoms with Crippen LogP contribution in [0.3, 0.4) is 0 Å². The van der Waals surface area contributed by atoms with Gasteiger partial charge in [0.25, 0.3) is 5.91 Å². The third-order valence-electron chi connectivity index (χ3n) is 5.14. The molecule has 1 saturated heterocycles. The highest BCUT2D eigenvalue weighted by Crippen LogP contribution is 2.30. The molecule has 1 aliphatic heterocycles. The number of hydrogen-bond acceptors (Lipinski definition) is 4. The van der Waals surface area contributed by atoms with Crippen molar-refractivity contribution in [1.29, 1.82) is 0 Å². The molecule has 7 heteroatoms. The molecule has 3 rings (SSSR count). The van der Waals surface area contributed by atoms with E-state index in [1.165, 1.54) is 0 Å². The molecule has 0 spiro atoms. The van der Waals surface area contributed by atoms with Gasteiger partial charge in [-0.2, -0.15) is 0 Å². The summed E-state index contributed by atoms with van der Waals surface area (Å²) in [5.41, 5.74) is 1.06. The molecule has 1 aliphatic rings. The van der Waals surface area contributed by atoms with Crippen LogP contribution >= 0.6 is 15.9 Å². The van der Waals surface area contributed by atoms with Gasteiger partial charge in [-0.25, -0.2) is 4.79 Å². The first-order chi connectivity index (χ1) is 13.5. The first-order valence-corrected chi connectivity index (χ1v) is 10.8. The molecule has 1 fully saturated rings. The molecular weight excluding hydrogens is 436 g/mol. The summed E-state index contributed by atoms with van der Waals surface area (Å²) in [6.45, 7) is 9.35. The number of likely N-dealkylation sites (tertiary alicyclic amines) is 1. The fourth-order valence-corrected chi connectivity index (χ4v) is 4.10. The summed E-state index contributed by atoms with van der Waals surface area (Å²) in [6.07, 6.45) is 1.55. The molecular formula is C22H29BrN2O4. The highest BCUT2D eigenvalue weighted by Gasteiger charge is 2.30. The summed E-state index contributed by atoms with van der Waals surface area (Å²) in [4.78, 5) is 28.8. The molecule has 29 heavy (non-hydrogen) atoms. The van der Waals surface area contributed by atoms with E-state index in [1.54, 1.807) is 11.9 Å². The molecule has 6 nitrogen and oxygen atoms in total. The smallest absolute Gasteiger partial charge is 0.410 e. The molecule has 1 atom stereocenters. The first-order valence-electron chi connectivity index (χ1n) is 9.97. The molecule has 0 bridgehead atoms. The minimum Gasteiger partial charge on any atom is -0.451 e. The predicted molar refractivity (Wildman–Crippen MR) is 116 cm³/mol. The van der Waals surface area contributed by atoms with Crippen molar-refractivity contribution in [3.63, 3.8) is 0 Å². The van der Waals surface area contributed by atoms with Crippen molar-refractivity contribution in [1.82, 2.24) is 9.80 Å². The number of nitrogens with zero attached hydrogens (tertiary/aromatic N) is 2. The minimum absolute atomic E-state index is 0.0838. The van der Waals surface area contributed by atoms with Gasteiger partial charge < -0.3 is 19.0 Å². The summed E-state index contributed by atoms with van der Waals surface area (Å²) in [7, 11) is 1.75. The lowest BCUT2D eigenvalue weighted by molar-refractivity contribution is 0.0243. The topological polar surface area (TPSA) is 63.0 Å². The molecule has 1 aromatic heterocycles. The monoisotopic (exact) mass is 464 g/mol. The number of furan rings is 1.